The number of carboxylic acid groups (broad SMARTS) is 1. The van der Waals surface area contributed by atoms with E-state index in [2.05, 4.69) is 5.16 Å². The highest BCUT2D eigenvalue weighted by Crippen LogP contribution is 2.37. The third kappa shape index (κ3) is 0.988. The summed E-state index contributed by atoms with van der Waals surface area (Å²) in [6.45, 7) is 1.82. The molecule has 0 fully saturated rings. The molecule has 0 saturated carbocycles. The molecule has 5 heteroatoms. The van der Waals surface area contributed by atoms with Crippen LogP contribution in [0.25, 0.3) is 0 Å². The number of nitrogens with two attached hydrogens (primary N) is 1. The van der Waals surface area contributed by atoms with Crippen LogP contribution in [0.1, 0.15) is 24.7 Å². The molecule has 76 valence electrons. The van der Waals surface area contributed by atoms with Crippen LogP contribution >= 0.6 is 0 Å². The second-order valence-corrected chi connectivity index (χ2v) is 3.79. The Hall–Kier alpha value is -1.36. The number of hydrogen-bond acceptors (Lipinski definition) is 4. The minimum atomic E-state index is -1.41. The number of carbonyl (C=O) groups is 1. The first-order valence-corrected chi connectivity index (χ1v) is 4.53. The van der Waals surface area contributed by atoms with Crippen molar-refractivity contribution in [2.75, 3.05) is 0 Å². The molecule has 1 aliphatic carbocycles. The summed E-state index contributed by atoms with van der Waals surface area (Å²) < 4.78 is 4.95. The monoisotopic (exact) mass is 196 g/mol. The summed E-state index contributed by atoms with van der Waals surface area (Å²) in [5.74, 6) is -0.882. The van der Waals surface area contributed by atoms with E-state index in [1.165, 1.54) is 0 Å². The molecule has 0 radical (unpaired) electrons. The molecular formula is C9H12N2O3. The standard InChI is InChI=1S/C9H12N2O3/c1-5-2-3-6-4-11-14-7(6)9(5,10)8(12)13/h4-5H,2-3,10H2,1H3,(H,12,13). The molecule has 5 nitrogen and oxygen atoms in total. The zero-order chi connectivity index (χ0) is 10.3. The van der Waals surface area contributed by atoms with Crippen LogP contribution in [0.2, 0.25) is 0 Å². The molecule has 2 atom stereocenters. The Kier molecular flexibility index (Phi) is 1.85. The van der Waals surface area contributed by atoms with Crippen molar-refractivity contribution in [2.24, 2.45) is 11.7 Å². The van der Waals surface area contributed by atoms with Crippen LogP contribution in [0.4, 0.5) is 0 Å². The van der Waals surface area contributed by atoms with Gasteiger partial charge in [0, 0.05) is 5.56 Å². The molecule has 1 aromatic rings. The van der Waals surface area contributed by atoms with Gasteiger partial charge < -0.3 is 15.4 Å². The minimum absolute atomic E-state index is 0.138. The average Bonchev–Trinajstić information content (AvgIpc) is 2.59. The maximum absolute atomic E-state index is 11.1. The van der Waals surface area contributed by atoms with Gasteiger partial charge in [0.2, 0.25) is 0 Å². The summed E-state index contributed by atoms with van der Waals surface area (Å²) in [5.41, 5.74) is 5.27. The lowest BCUT2D eigenvalue weighted by Gasteiger charge is -2.33. The van der Waals surface area contributed by atoms with Gasteiger partial charge in [-0.2, -0.15) is 0 Å². The largest absolute Gasteiger partial charge is 0.480 e. The molecule has 2 unspecified atom stereocenters. The second kappa shape index (κ2) is 2.81. The second-order valence-electron chi connectivity index (χ2n) is 3.79. The SMILES string of the molecule is CC1CCc2cnoc2C1(N)C(=O)O. The number of hydrogen-bond donors (Lipinski definition) is 2. The fraction of sp³-hybridized carbons (Fsp3) is 0.556. The lowest BCUT2D eigenvalue weighted by atomic mass is 9.74. The molecule has 0 spiro atoms. The van der Waals surface area contributed by atoms with Crippen molar-refractivity contribution in [1.29, 1.82) is 0 Å². The van der Waals surface area contributed by atoms with Gasteiger partial charge in [0.25, 0.3) is 0 Å². The molecule has 0 aromatic carbocycles. The summed E-state index contributed by atoms with van der Waals surface area (Å²) in [6, 6.07) is 0. The van der Waals surface area contributed by atoms with E-state index in [1.807, 2.05) is 6.92 Å². The summed E-state index contributed by atoms with van der Waals surface area (Å²) >= 11 is 0. The first-order chi connectivity index (χ1) is 6.56. The Labute approximate surface area is 80.9 Å². The lowest BCUT2D eigenvalue weighted by Crippen LogP contribution is -2.52. The Morgan fingerprint density at radius 1 is 1.86 bits per heavy atom. The van der Waals surface area contributed by atoms with Crippen molar-refractivity contribution < 1.29 is 14.4 Å². The van der Waals surface area contributed by atoms with Crippen molar-refractivity contribution in [3.8, 4) is 0 Å². The van der Waals surface area contributed by atoms with Crippen LogP contribution in [-0.2, 0) is 16.8 Å². The third-order valence-electron chi connectivity index (χ3n) is 3.00. The van der Waals surface area contributed by atoms with Crippen molar-refractivity contribution >= 4 is 5.97 Å². The van der Waals surface area contributed by atoms with Crippen molar-refractivity contribution in [1.82, 2.24) is 5.16 Å². The van der Waals surface area contributed by atoms with Crippen molar-refractivity contribution in [3.63, 3.8) is 0 Å². The van der Waals surface area contributed by atoms with E-state index in [1.54, 1.807) is 6.20 Å². The molecular weight excluding hydrogens is 184 g/mol. The predicted molar refractivity (Wildman–Crippen MR) is 47.5 cm³/mol. The van der Waals surface area contributed by atoms with E-state index < -0.39 is 11.5 Å². The van der Waals surface area contributed by atoms with Gasteiger partial charge in [-0.1, -0.05) is 12.1 Å². The van der Waals surface area contributed by atoms with Gasteiger partial charge in [-0.15, -0.1) is 0 Å². The van der Waals surface area contributed by atoms with E-state index in [0.717, 1.165) is 18.4 Å². The van der Waals surface area contributed by atoms with E-state index in [-0.39, 0.29) is 5.92 Å². The molecule has 0 aliphatic heterocycles. The minimum Gasteiger partial charge on any atom is -0.480 e. The van der Waals surface area contributed by atoms with Crippen LogP contribution in [0.5, 0.6) is 0 Å². The molecule has 14 heavy (non-hydrogen) atoms. The van der Waals surface area contributed by atoms with E-state index >= 15 is 0 Å². The van der Waals surface area contributed by atoms with Gasteiger partial charge in [-0.25, -0.2) is 4.79 Å². The Morgan fingerprint density at radius 2 is 2.57 bits per heavy atom. The Morgan fingerprint density at radius 3 is 3.21 bits per heavy atom. The van der Waals surface area contributed by atoms with Gasteiger partial charge in [-0.05, 0) is 18.8 Å². The van der Waals surface area contributed by atoms with Gasteiger partial charge >= 0.3 is 5.97 Å². The maximum Gasteiger partial charge on any atom is 0.332 e. The van der Waals surface area contributed by atoms with Crippen molar-refractivity contribution in [3.05, 3.63) is 17.5 Å². The van der Waals surface area contributed by atoms with Crippen LogP contribution in [0.15, 0.2) is 10.7 Å². The number of aryl methyl sites for hydroxylation is 1. The summed E-state index contributed by atoms with van der Waals surface area (Å²) in [4.78, 5) is 11.1. The summed E-state index contributed by atoms with van der Waals surface area (Å²) in [6.07, 6.45) is 3.08. The molecule has 1 aliphatic rings. The van der Waals surface area contributed by atoms with E-state index in [0.29, 0.717) is 5.76 Å². The average molecular weight is 196 g/mol. The summed E-state index contributed by atoms with van der Waals surface area (Å²) in [7, 11) is 0. The van der Waals surface area contributed by atoms with Gasteiger partial charge in [0.15, 0.2) is 11.3 Å². The third-order valence-corrected chi connectivity index (χ3v) is 3.00. The molecule has 3 N–H and O–H groups in total. The Bertz CT molecular complexity index is 374. The number of fused-ring (bicyclic) bond motifs is 1. The fourth-order valence-electron chi connectivity index (χ4n) is 1.91. The zero-order valence-electron chi connectivity index (χ0n) is 7.86. The zero-order valence-corrected chi connectivity index (χ0v) is 7.86. The molecule has 1 aromatic heterocycles. The van der Waals surface area contributed by atoms with Crippen LogP contribution in [0.3, 0.4) is 0 Å². The van der Waals surface area contributed by atoms with Gasteiger partial charge in [0.05, 0.1) is 6.20 Å². The number of rotatable bonds is 1. The molecule has 0 bridgehead atoms. The maximum atomic E-state index is 11.1. The number of carboxylic acids is 1. The topological polar surface area (TPSA) is 89.4 Å². The number of aromatic nitrogens is 1. The van der Waals surface area contributed by atoms with Gasteiger partial charge in [0.1, 0.15) is 0 Å². The lowest BCUT2D eigenvalue weighted by molar-refractivity contribution is -0.147. The highest BCUT2D eigenvalue weighted by Gasteiger charge is 2.48. The first kappa shape index (κ1) is 9.21. The smallest absolute Gasteiger partial charge is 0.332 e. The molecule has 1 heterocycles. The van der Waals surface area contributed by atoms with Crippen LogP contribution < -0.4 is 5.73 Å². The number of aliphatic carboxylic acids is 1. The van der Waals surface area contributed by atoms with Gasteiger partial charge in [-0.3, -0.25) is 0 Å². The van der Waals surface area contributed by atoms with E-state index in [9.17, 15) is 4.79 Å². The number of nitrogens with zero attached hydrogens (tertiary/aromatic N) is 1. The van der Waals surface area contributed by atoms with Crippen LogP contribution in [0, 0.1) is 5.92 Å². The first-order valence-electron chi connectivity index (χ1n) is 4.53. The normalized spacial score (nSPS) is 31.1. The molecule has 0 saturated heterocycles. The Balaban J connectivity index is 2.56. The molecule has 2 rings (SSSR count). The highest BCUT2D eigenvalue weighted by molar-refractivity contribution is 5.80. The quantitative estimate of drug-likeness (QED) is 0.682. The highest BCUT2D eigenvalue weighted by atomic mass is 16.5. The summed E-state index contributed by atoms with van der Waals surface area (Å²) in [5, 5.41) is 12.7. The van der Waals surface area contributed by atoms with Crippen molar-refractivity contribution in [2.45, 2.75) is 25.3 Å². The predicted octanol–water partition coefficient (Wildman–Crippen LogP) is 0.496. The van der Waals surface area contributed by atoms with E-state index in [4.69, 9.17) is 15.4 Å². The fourth-order valence-corrected chi connectivity index (χ4v) is 1.91. The van der Waals surface area contributed by atoms with Crippen LogP contribution in [-0.4, -0.2) is 16.2 Å². The molecule has 0 amide bonds.